The summed E-state index contributed by atoms with van der Waals surface area (Å²) in [6.07, 6.45) is 0. The van der Waals surface area contributed by atoms with Crippen LogP contribution < -0.4 is 5.32 Å². The van der Waals surface area contributed by atoms with Crippen molar-refractivity contribution in [3.05, 3.63) is 55.6 Å². The summed E-state index contributed by atoms with van der Waals surface area (Å²) >= 11 is 11.0. The Morgan fingerprint density at radius 2 is 1.89 bits per heavy atom. The SMILES string of the molecule is CC(N[C@H](C)c1cccc(Br)c1)c1csc(Cl)c1. The van der Waals surface area contributed by atoms with Gasteiger partial charge in [0.2, 0.25) is 0 Å². The third-order valence-electron chi connectivity index (χ3n) is 2.94. The van der Waals surface area contributed by atoms with E-state index in [1.54, 1.807) is 11.3 Å². The van der Waals surface area contributed by atoms with Crippen LogP contribution in [0.4, 0.5) is 0 Å². The lowest BCUT2D eigenvalue weighted by molar-refractivity contribution is 0.495. The lowest BCUT2D eigenvalue weighted by Crippen LogP contribution is -2.22. The summed E-state index contributed by atoms with van der Waals surface area (Å²) in [5, 5.41) is 5.68. The van der Waals surface area contributed by atoms with E-state index in [1.165, 1.54) is 11.1 Å². The van der Waals surface area contributed by atoms with Crippen molar-refractivity contribution in [2.45, 2.75) is 25.9 Å². The van der Waals surface area contributed by atoms with Crippen LogP contribution in [0.25, 0.3) is 0 Å². The monoisotopic (exact) mass is 343 g/mol. The van der Waals surface area contributed by atoms with Gasteiger partial charge < -0.3 is 5.32 Å². The fourth-order valence-corrected chi connectivity index (χ4v) is 3.30. The van der Waals surface area contributed by atoms with Gasteiger partial charge in [-0.2, -0.15) is 0 Å². The normalized spacial score (nSPS) is 14.4. The van der Waals surface area contributed by atoms with E-state index in [9.17, 15) is 0 Å². The second kappa shape index (κ2) is 6.20. The predicted octanol–water partition coefficient (Wildman–Crippen LogP) is 5.58. The van der Waals surface area contributed by atoms with Gasteiger partial charge in [-0.3, -0.25) is 0 Å². The molecule has 2 aromatic rings. The maximum Gasteiger partial charge on any atom is 0.0931 e. The first-order valence-corrected chi connectivity index (χ1v) is 7.87. The van der Waals surface area contributed by atoms with Gasteiger partial charge in [0.25, 0.3) is 0 Å². The number of rotatable bonds is 4. The van der Waals surface area contributed by atoms with Gasteiger partial charge in [0.05, 0.1) is 4.34 Å². The van der Waals surface area contributed by atoms with Crippen LogP contribution in [-0.4, -0.2) is 0 Å². The zero-order valence-electron chi connectivity index (χ0n) is 10.3. The molecule has 0 saturated heterocycles. The Balaban J connectivity index is 2.05. The highest BCUT2D eigenvalue weighted by atomic mass is 79.9. The van der Waals surface area contributed by atoms with Crippen LogP contribution in [0, 0.1) is 0 Å². The van der Waals surface area contributed by atoms with Crippen LogP contribution >= 0.6 is 38.9 Å². The molecular formula is C14H15BrClNS. The molecule has 2 atom stereocenters. The first-order chi connectivity index (χ1) is 8.56. The molecule has 1 aromatic carbocycles. The van der Waals surface area contributed by atoms with Gasteiger partial charge in [-0.15, -0.1) is 11.3 Å². The summed E-state index contributed by atoms with van der Waals surface area (Å²) in [5.74, 6) is 0. The smallest absolute Gasteiger partial charge is 0.0931 e. The van der Waals surface area contributed by atoms with Crippen molar-refractivity contribution in [3.63, 3.8) is 0 Å². The van der Waals surface area contributed by atoms with E-state index in [1.807, 2.05) is 12.1 Å². The number of hydrogen-bond donors (Lipinski definition) is 1. The maximum atomic E-state index is 5.96. The molecular weight excluding hydrogens is 330 g/mol. The number of thiophene rings is 1. The summed E-state index contributed by atoms with van der Waals surface area (Å²) in [7, 11) is 0. The van der Waals surface area contributed by atoms with Gasteiger partial charge in [0, 0.05) is 16.6 Å². The van der Waals surface area contributed by atoms with E-state index >= 15 is 0 Å². The summed E-state index contributed by atoms with van der Waals surface area (Å²) in [5.41, 5.74) is 2.52. The van der Waals surface area contributed by atoms with Gasteiger partial charge >= 0.3 is 0 Å². The molecule has 1 heterocycles. The maximum absolute atomic E-state index is 5.96. The number of benzene rings is 1. The first kappa shape index (κ1) is 14.1. The predicted molar refractivity (Wildman–Crippen MR) is 83.4 cm³/mol. The Kier molecular flexibility index (Phi) is 4.84. The van der Waals surface area contributed by atoms with Crippen LogP contribution in [0.5, 0.6) is 0 Å². The highest BCUT2D eigenvalue weighted by Gasteiger charge is 2.12. The first-order valence-electron chi connectivity index (χ1n) is 5.81. The summed E-state index contributed by atoms with van der Waals surface area (Å²) < 4.78 is 1.95. The molecule has 0 fully saturated rings. The van der Waals surface area contributed by atoms with Gasteiger partial charge in [0.1, 0.15) is 0 Å². The van der Waals surface area contributed by atoms with Crippen molar-refractivity contribution in [1.29, 1.82) is 0 Å². The topological polar surface area (TPSA) is 12.0 Å². The number of hydrogen-bond acceptors (Lipinski definition) is 2. The largest absolute Gasteiger partial charge is 0.304 e. The minimum Gasteiger partial charge on any atom is -0.304 e. The molecule has 0 aliphatic rings. The second-order valence-electron chi connectivity index (χ2n) is 4.35. The molecule has 4 heteroatoms. The lowest BCUT2D eigenvalue weighted by Gasteiger charge is -2.20. The zero-order chi connectivity index (χ0) is 13.1. The summed E-state index contributed by atoms with van der Waals surface area (Å²) in [6.45, 7) is 4.33. The molecule has 18 heavy (non-hydrogen) atoms. The van der Waals surface area contributed by atoms with Gasteiger partial charge in [-0.1, -0.05) is 39.7 Å². The second-order valence-corrected chi connectivity index (χ2v) is 6.81. The third kappa shape index (κ3) is 3.58. The minimum atomic E-state index is 0.294. The Hall–Kier alpha value is -0.350. The molecule has 1 N–H and O–H groups in total. The zero-order valence-corrected chi connectivity index (χ0v) is 13.4. The lowest BCUT2D eigenvalue weighted by atomic mass is 10.1. The van der Waals surface area contributed by atoms with Crippen molar-refractivity contribution in [1.82, 2.24) is 5.32 Å². The molecule has 1 aromatic heterocycles. The third-order valence-corrected chi connectivity index (χ3v) is 4.54. The molecule has 96 valence electrons. The number of halogens is 2. The van der Waals surface area contributed by atoms with E-state index in [0.717, 1.165) is 8.81 Å². The molecule has 0 radical (unpaired) electrons. The fourth-order valence-electron chi connectivity index (χ4n) is 1.89. The molecule has 1 unspecified atom stereocenters. The van der Waals surface area contributed by atoms with Crippen LogP contribution in [0.15, 0.2) is 40.2 Å². The van der Waals surface area contributed by atoms with E-state index in [2.05, 4.69) is 58.7 Å². The average molecular weight is 345 g/mol. The van der Waals surface area contributed by atoms with Crippen LogP contribution in [0.2, 0.25) is 4.34 Å². The van der Waals surface area contributed by atoms with E-state index in [0.29, 0.717) is 12.1 Å². The Bertz CT molecular complexity index is 526. The molecule has 0 saturated carbocycles. The molecule has 2 rings (SSSR count). The van der Waals surface area contributed by atoms with E-state index in [4.69, 9.17) is 11.6 Å². The Labute approximate surface area is 125 Å². The molecule has 0 amide bonds. The molecule has 1 nitrogen and oxygen atoms in total. The van der Waals surface area contributed by atoms with E-state index < -0.39 is 0 Å². The fraction of sp³-hybridized carbons (Fsp3) is 0.286. The Morgan fingerprint density at radius 1 is 1.17 bits per heavy atom. The van der Waals surface area contributed by atoms with Crippen molar-refractivity contribution in [3.8, 4) is 0 Å². The van der Waals surface area contributed by atoms with Crippen molar-refractivity contribution in [2.24, 2.45) is 0 Å². The van der Waals surface area contributed by atoms with E-state index in [-0.39, 0.29) is 0 Å². The number of nitrogens with one attached hydrogen (secondary N) is 1. The van der Waals surface area contributed by atoms with Gasteiger partial charge in [-0.05, 0) is 48.6 Å². The molecule has 0 aliphatic carbocycles. The van der Waals surface area contributed by atoms with Gasteiger partial charge in [0.15, 0.2) is 0 Å². The standard InChI is InChI=1S/C14H15BrClNS/c1-9(11-4-3-5-13(15)6-11)17-10(2)12-7-14(16)18-8-12/h3-10,17H,1-2H3/t9-,10?/m1/s1. The molecule has 0 spiro atoms. The minimum absolute atomic E-state index is 0.294. The van der Waals surface area contributed by atoms with Crippen LogP contribution in [0.3, 0.4) is 0 Å². The Morgan fingerprint density at radius 3 is 2.50 bits per heavy atom. The van der Waals surface area contributed by atoms with Crippen LogP contribution in [-0.2, 0) is 0 Å². The highest BCUT2D eigenvalue weighted by Crippen LogP contribution is 2.27. The summed E-state index contributed by atoms with van der Waals surface area (Å²) in [4.78, 5) is 0. The summed E-state index contributed by atoms with van der Waals surface area (Å²) in [6, 6.07) is 11.0. The van der Waals surface area contributed by atoms with Gasteiger partial charge in [-0.25, -0.2) is 0 Å². The van der Waals surface area contributed by atoms with Crippen molar-refractivity contribution in [2.75, 3.05) is 0 Å². The van der Waals surface area contributed by atoms with Crippen LogP contribution in [0.1, 0.15) is 37.1 Å². The highest BCUT2D eigenvalue weighted by molar-refractivity contribution is 9.10. The molecule has 0 aliphatic heterocycles. The van der Waals surface area contributed by atoms with Crippen molar-refractivity contribution >= 4 is 38.9 Å². The van der Waals surface area contributed by atoms with Crippen molar-refractivity contribution < 1.29 is 0 Å². The molecule has 0 bridgehead atoms. The quantitative estimate of drug-likeness (QED) is 0.764. The average Bonchev–Trinajstić information content (AvgIpc) is 2.76.